The highest BCUT2D eigenvalue weighted by Gasteiger charge is 2.21. The zero-order chi connectivity index (χ0) is 23.1. The van der Waals surface area contributed by atoms with Crippen molar-refractivity contribution in [3.05, 3.63) is 34.4 Å². The third-order valence-electron chi connectivity index (χ3n) is 5.82. The van der Waals surface area contributed by atoms with Crippen molar-refractivity contribution in [2.24, 2.45) is 5.92 Å². The standard InChI is InChI=1S/C22H32BrN5O3S/c1-3-17(14-29)26-21-19(23)13-24-22(28-21)27-18-10-9-15(2)20(11-18)32(30,31)25-12-16-7-5-4-6-8-16/h9-11,13,16-17,25,29H,3-8,12,14H2,1-2H3,(H2,24,26,27,28)/t17-/m1/s1. The minimum atomic E-state index is -3.62. The van der Waals surface area contributed by atoms with Gasteiger partial charge in [-0.2, -0.15) is 4.98 Å². The molecule has 1 aromatic carbocycles. The van der Waals surface area contributed by atoms with E-state index in [-0.39, 0.29) is 17.5 Å². The van der Waals surface area contributed by atoms with Crippen LogP contribution in [0.5, 0.6) is 0 Å². The fourth-order valence-corrected chi connectivity index (χ4v) is 5.48. The molecule has 1 aliphatic rings. The van der Waals surface area contributed by atoms with E-state index in [4.69, 9.17) is 0 Å². The first-order valence-electron chi connectivity index (χ1n) is 11.1. The highest BCUT2D eigenvalue weighted by atomic mass is 79.9. The molecule has 0 saturated heterocycles. The van der Waals surface area contributed by atoms with E-state index in [0.717, 1.165) is 19.3 Å². The monoisotopic (exact) mass is 525 g/mol. The van der Waals surface area contributed by atoms with Crippen LogP contribution in [0.15, 0.2) is 33.8 Å². The van der Waals surface area contributed by atoms with E-state index in [1.54, 1.807) is 31.3 Å². The zero-order valence-electron chi connectivity index (χ0n) is 18.6. The van der Waals surface area contributed by atoms with Crippen LogP contribution in [-0.2, 0) is 10.0 Å². The molecule has 0 bridgehead atoms. The molecule has 8 nitrogen and oxygen atoms in total. The van der Waals surface area contributed by atoms with Gasteiger partial charge in [0.2, 0.25) is 16.0 Å². The van der Waals surface area contributed by atoms with Crippen molar-refractivity contribution in [2.75, 3.05) is 23.8 Å². The van der Waals surface area contributed by atoms with Crippen molar-refractivity contribution in [3.8, 4) is 0 Å². The number of rotatable bonds is 10. The van der Waals surface area contributed by atoms with E-state index in [1.807, 2.05) is 6.92 Å². The summed E-state index contributed by atoms with van der Waals surface area (Å²) in [6, 6.07) is 5.06. The maximum absolute atomic E-state index is 13.0. The molecule has 4 N–H and O–H groups in total. The van der Waals surface area contributed by atoms with Crippen LogP contribution in [-0.4, -0.2) is 42.7 Å². The third-order valence-corrected chi connectivity index (χ3v) is 7.96. The van der Waals surface area contributed by atoms with Crippen molar-refractivity contribution in [3.63, 3.8) is 0 Å². The van der Waals surface area contributed by atoms with Crippen LogP contribution in [0.4, 0.5) is 17.5 Å². The second-order valence-corrected chi connectivity index (χ2v) is 10.9. The van der Waals surface area contributed by atoms with Crippen LogP contribution in [0.2, 0.25) is 0 Å². The van der Waals surface area contributed by atoms with Gasteiger partial charge in [-0.25, -0.2) is 18.1 Å². The van der Waals surface area contributed by atoms with E-state index in [9.17, 15) is 13.5 Å². The topological polar surface area (TPSA) is 116 Å². The lowest BCUT2D eigenvalue weighted by molar-refractivity contribution is 0.271. The number of aliphatic hydroxyl groups is 1. The molecule has 0 radical (unpaired) electrons. The summed E-state index contributed by atoms with van der Waals surface area (Å²) in [5.41, 5.74) is 1.26. The fourth-order valence-electron chi connectivity index (χ4n) is 3.79. The predicted octanol–water partition coefficient (Wildman–Crippen LogP) is 4.33. The summed E-state index contributed by atoms with van der Waals surface area (Å²) in [5.74, 6) is 1.29. The Hall–Kier alpha value is -1.75. The Kier molecular flexibility index (Phi) is 8.87. The summed E-state index contributed by atoms with van der Waals surface area (Å²) >= 11 is 3.42. The van der Waals surface area contributed by atoms with Gasteiger partial charge in [0.15, 0.2) is 0 Å². The average molecular weight is 527 g/mol. The highest BCUT2D eigenvalue weighted by Crippen LogP contribution is 2.27. The first kappa shape index (κ1) is 24.9. The second-order valence-electron chi connectivity index (χ2n) is 8.28. The van der Waals surface area contributed by atoms with Gasteiger partial charge in [0.1, 0.15) is 5.82 Å². The van der Waals surface area contributed by atoms with Crippen LogP contribution in [0.25, 0.3) is 0 Å². The number of hydrogen-bond acceptors (Lipinski definition) is 7. The van der Waals surface area contributed by atoms with E-state index in [1.165, 1.54) is 19.3 Å². The number of aromatic nitrogens is 2. The predicted molar refractivity (Wildman–Crippen MR) is 131 cm³/mol. The molecule has 0 aliphatic heterocycles. The largest absolute Gasteiger partial charge is 0.394 e. The van der Waals surface area contributed by atoms with Crippen LogP contribution < -0.4 is 15.4 Å². The Morgan fingerprint density at radius 1 is 1.25 bits per heavy atom. The van der Waals surface area contributed by atoms with Crippen LogP contribution in [0, 0.1) is 12.8 Å². The molecule has 0 unspecified atom stereocenters. The zero-order valence-corrected chi connectivity index (χ0v) is 21.0. The number of aryl methyl sites for hydroxylation is 1. The van der Waals surface area contributed by atoms with Gasteiger partial charge in [0.25, 0.3) is 0 Å². The summed E-state index contributed by atoms with van der Waals surface area (Å²) in [4.78, 5) is 8.98. The molecule has 3 rings (SSSR count). The molecule has 0 amide bonds. The number of anilines is 3. The number of nitrogens with zero attached hydrogens (tertiary/aromatic N) is 2. The van der Waals surface area contributed by atoms with Crippen molar-refractivity contribution in [2.45, 2.75) is 63.3 Å². The van der Waals surface area contributed by atoms with Crippen molar-refractivity contribution in [1.29, 1.82) is 0 Å². The Morgan fingerprint density at radius 2 is 2.00 bits per heavy atom. The van der Waals surface area contributed by atoms with Crippen LogP contribution in [0.3, 0.4) is 0 Å². The molecule has 1 fully saturated rings. The van der Waals surface area contributed by atoms with E-state index in [0.29, 0.717) is 40.0 Å². The molecule has 1 aliphatic carbocycles. The normalized spacial score (nSPS) is 16.0. The fraction of sp³-hybridized carbons (Fsp3) is 0.545. The van der Waals surface area contributed by atoms with Gasteiger partial charge in [-0.1, -0.05) is 32.3 Å². The smallest absolute Gasteiger partial charge is 0.240 e. The van der Waals surface area contributed by atoms with Crippen molar-refractivity contribution in [1.82, 2.24) is 14.7 Å². The molecule has 1 atom stereocenters. The molecule has 1 saturated carbocycles. The Morgan fingerprint density at radius 3 is 2.69 bits per heavy atom. The van der Waals surface area contributed by atoms with Crippen LogP contribution in [0.1, 0.15) is 51.0 Å². The Balaban J connectivity index is 1.75. The Labute approximate surface area is 198 Å². The van der Waals surface area contributed by atoms with Gasteiger partial charge >= 0.3 is 0 Å². The number of halogens is 1. The number of nitrogens with one attached hydrogen (secondary N) is 3. The minimum absolute atomic E-state index is 0.0112. The lowest BCUT2D eigenvalue weighted by Crippen LogP contribution is -2.30. The van der Waals surface area contributed by atoms with Gasteiger partial charge in [-0.05, 0) is 65.7 Å². The SMILES string of the molecule is CC[C@H](CO)Nc1nc(Nc2ccc(C)c(S(=O)(=O)NCC3CCCCC3)c2)ncc1Br. The van der Waals surface area contributed by atoms with Gasteiger partial charge in [0.05, 0.1) is 22.0 Å². The first-order chi connectivity index (χ1) is 15.3. The summed E-state index contributed by atoms with van der Waals surface area (Å²) in [6.45, 7) is 4.23. The van der Waals surface area contributed by atoms with E-state index >= 15 is 0 Å². The summed E-state index contributed by atoms with van der Waals surface area (Å²) in [7, 11) is -3.62. The number of aliphatic hydroxyl groups excluding tert-OH is 1. The molecular formula is C22H32BrN5O3S. The Bertz CT molecular complexity index is 1010. The molecule has 32 heavy (non-hydrogen) atoms. The minimum Gasteiger partial charge on any atom is -0.394 e. The number of hydrogen-bond donors (Lipinski definition) is 4. The second kappa shape index (κ2) is 11.4. The summed E-state index contributed by atoms with van der Waals surface area (Å²) in [6.07, 6.45) is 8.09. The molecule has 176 valence electrons. The van der Waals surface area contributed by atoms with E-state index in [2.05, 4.69) is 41.3 Å². The quantitative estimate of drug-likeness (QED) is 0.364. The summed E-state index contributed by atoms with van der Waals surface area (Å²) < 4.78 is 29.4. The molecule has 0 spiro atoms. The van der Waals surface area contributed by atoms with Crippen LogP contribution >= 0.6 is 15.9 Å². The van der Waals surface area contributed by atoms with Gasteiger partial charge < -0.3 is 15.7 Å². The lowest BCUT2D eigenvalue weighted by Gasteiger charge is -2.22. The number of sulfonamides is 1. The number of benzene rings is 1. The van der Waals surface area contributed by atoms with Gasteiger partial charge in [-0.3, -0.25) is 0 Å². The summed E-state index contributed by atoms with van der Waals surface area (Å²) in [5, 5.41) is 15.7. The third kappa shape index (κ3) is 6.63. The molecule has 1 aromatic heterocycles. The average Bonchev–Trinajstić information content (AvgIpc) is 2.80. The molecular weight excluding hydrogens is 494 g/mol. The highest BCUT2D eigenvalue weighted by molar-refractivity contribution is 9.10. The van der Waals surface area contributed by atoms with Gasteiger partial charge in [0, 0.05) is 18.4 Å². The maximum Gasteiger partial charge on any atom is 0.240 e. The van der Waals surface area contributed by atoms with Crippen molar-refractivity contribution >= 4 is 43.4 Å². The van der Waals surface area contributed by atoms with E-state index < -0.39 is 10.0 Å². The lowest BCUT2D eigenvalue weighted by atomic mass is 9.90. The first-order valence-corrected chi connectivity index (χ1v) is 13.4. The molecule has 2 aromatic rings. The molecule has 10 heteroatoms. The van der Waals surface area contributed by atoms with Gasteiger partial charge in [-0.15, -0.1) is 0 Å². The maximum atomic E-state index is 13.0. The van der Waals surface area contributed by atoms with Crippen molar-refractivity contribution < 1.29 is 13.5 Å². The molecule has 1 heterocycles.